The summed E-state index contributed by atoms with van der Waals surface area (Å²) >= 11 is 0. The van der Waals surface area contributed by atoms with Crippen molar-refractivity contribution in [3.05, 3.63) is 78.1 Å². The summed E-state index contributed by atoms with van der Waals surface area (Å²) in [5.41, 5.74) is 2.17. The number of rotatable bonds is 7. The molecule has 3 aromatic rings. The molecule has 5 nitrogen and oxygen atoms in total. The van der Waals surface area contributed by atoms with Gasteiger partial charge >= 0.3 is 6.09 Å². The summed E-state index contributed by atoms with van der Waals surface area (Å²) in [6, 6.07) is 18.1. The van der Waals surface area contributed by atoms with E-state index >= 15 is 0 Å². The number of carbonyl (C=O) groups is 1. The van der Waals surface area contributed by atoms with Crippen molar-refractivity contribution in [3.63, 3.8) is 0 Å². The summed E-state index contributed by atoms with van der Waals surface area (Å²) in [6.07, 6.45) is 3.64. The number of alkyl carbamates (subject to hydrolysis) is 1. The number of nitrogens with zero attached hydrogens (tertiary/aromatic N) is 1. The highest BCUT2D eigenvalue weighted by atomic mass is 16.5. The summed E-state index contributed by atoms with van der Waals surface area (Å²) in [4.78, 5) is 15.4. The van der Waals surface area contributed by atoms with Gasteiger partial charge in [-0.15, -0.1) is 0 Å². The van der Waals surface area contributed by atoms with Crippen LogP contribution in [0.3, 0.4) is 0 Å². The highest BCUT2D eigenvalue weighted by Crippen LogP contribution is 2.25. The first-order valence-electron chi connectivity index (χ1n) is 8.60. The van der Waals surface area contributed by atoms with Crippen molar-refractivity contribution < 1.29 is 14.3 Å². The van der Waals surface area contributed by atoms with Crippen molar-refractivity contribution in [2.24, 2.45) is 0 Å². The first-order valence-corrected chi connectivity index (χ1v) is 8.60. The molecule has 0 saturated heterocycles. The second-order valence-electron chi connectivity index (χ2n) is 5.90. The summed E-state index contributed by atoms with van der Waals surface area (Å²) in [5.74, 6) is 0. The van der Waals surface area contributed by atoms with Crippen LogP contribution in [0.2, 0.25) is 0 Å². The van der Waals surface area contributed by atoms with Crippen LogP contribution in [-0.2, 0) is 16.1 Å². The van der Waals surface area contributed by atoms with E-state index in [2.05, 4.69) is 16.4 Å². The molecule has 0 spiro atoms. The average molecular weight is 350 g/mol. The molecule has 2 aromatic carbocycles. The third-order valence-electron chi connectivity index (χ3n) is 4.20. The predicted octanol–water partition coefficient (Wildman–Crippen LogP) is 4.24. The molecule has 0 radical (unpaired) electrons. The molecule has 1 atom stereocenters. The van der Waals surface area contributed by atoms with Gasteiger partial charge in [-0.25, -0.2) is 4.79 Å². The lowest BCUT2D eigenvalue weighted by atomic mass is 10.1. The maximum atomic E-state index is 11.3. The Morgan fingerprint density at radius 1 is 1.12 bits per heavy atom. The Bertz CT molecular complexity index is 847. The van der Waals surface area contributed by atoms with Crippen molar-refractivity contribution in [1.29, 1.82) is 0 Å². The van der Waals surface area contributed by atoms with Gasteiger partial charge in [-0.05, 0) is 22.6 Å². The first-order chi connectivity index (χ1) is 12.8. The lowest BCUT2D eigenvalue weighted by Gasteiger charge is -2.19. The monoisotopic (exact) mass is 350 g/mol. The third-order valence-corrected chi connectivity index (χ3v) is 4.20. The molecule has 1 N–H and O–H groups in total. The average Bonchev–Trinajstić information content (AvgIpc) is 2.71. The van der Waals surface area contributed by atoms with Crippen LogP contribution in [0, 0.1) is 0 Å². The summed E-state index contributed by atoms with van der Waals surface area (Å²) in [5, 5.41) is 4.67. The number of fused-ring (bicyclic) bond motifs is 1. The Labute approximate surface area is 153 Å². The highest BCUT2D eigenvalue weighted by Gasteiger charge is 2.14. The number of amides is 1. The molecule has 1 aromatic heterocycles. The van der Waals surface area contributed by atoms with E-state index in [1.54, 1.807) is 13.2 Å². The maximum absolute atomic E-state index is 11.3. The number of hydrogen-bond acceptors (Lipinski definition) is 4. The van der Waals surface area contributed by atoms with Crippen LogP contribution in [0.1, 0.15) is 23.7 Å². The van der Waals surface area contributed by atoms with Gasteiger partial charge < -0.3 is 14.8 Å². The number of aromatic nitrogens is 1. The van der Waals surface area contributed by atoms with Gasteiger partial charge in [0, 0.05) is 31.2 Å². The molecular weight excluding hydrogens is 328 g/mol. The standard InChI is InChI=1S/C21H22N2O3/c1-22-21(24)25-13-11-20(16-6-3-2-4-7-16)26-15-18-9-5-8-17-14-23-12-10-19(17)18/h2-10,12,14,20H,11,13,15H2,1H3,(H,22,24). The van der Waals surface area contributed by atoms with E-state index in [0.29, 0.717) is 19.6 Å². The Balaban J connectivity index is 1.71. The van der Waals surface area contributed by atoms with Crippen LogP contribution in [-0.4, -0.2) is 24.7 Å². The smallest absolute Gasteiger partial charge is 0.406 e. The molecule has 1 amide bonds. The number of pyridine rings is 1. The van der Waals surface area contributed by atoms with Gasteiger partial charge in [-0.1, -0.05) is 48.5 Å². The van der Waals surface area contributed by atoms with Gasteiger partial charge in [-0.3, -0.25) is 4.98 Å². The molecule has 1 unspecified atom stereocenters. The minimum atomic E-state index is -0.432. The van der Waals surface area contributed by atoms with Gasteiger partial charge in [0.05, 0.1) is 19.3 Å². The number of carbonyl (C=O) groups excluding carboxylic acids is 1. The largest absolute Gasteiger partial charge is 0.449 e. The minimum Gasteiger partial charge on any atom is -0.449 e. The van der Waals surface area contributed by atoms with Crippen LogP contribution in [0.15, 0.2) is 67.0 Å². The van der Waals surface area contributed by atoms with Gasteiger partial charge in [0.1, 0.15) is 0 Å². The SMILES string of the molecule is CNC(=O)OCCC(OCc1cccc2cnccc12)c1ccccc1. The maximum Gasteiger partial charge on any atom is 0.406 e. The molecule has 0 bridgehead atoms. The fraction of sp³-hybridized carbons (Fsp3) is 0.238. The Kier molecular flexibility index (Phi) is 6.17. The van der Waals surface area contributed by atoms with E-state index in [1.165, 1.54) is 0 Å². The van der Waals surface area contributed by atoms with Crippen molar-refractivity contribution >= 4 is 16.9 Å². The Morgan fingerprint density at radius 3 is 2.77 bits per heavy atom. The second kappa shape index (κ2) is 8.97. The topological polar surface area (TPSA) is 60.5 Å². The molecule has 3 rings (SSSR count). The van der Waals surface area contributed by atoms with Crippen LogP contribution in [0.5, 0.6) is 0 Å². The summed E-state index contributed by atoms with van der Waals surface area (Å²) in [7, 11) is 1.54. The summed E-state index contributed by atoms with van der Waals surface area (Å²) < 4.78 is 11.3. The van der Waals surface area contributed by atoms with Crippen molar-refractivity contribution in [2.75, 3.05) is 13.7 Å². The lowest BCUT2D eigenvalue weighted by molar-refractivity contribution is 0.0205. The molecule has 0 saturated carbocycles. The van der Waals surface area contributed by atoms with E-state index in [1.807, 2.05) is 54.7 Å². The van der Waals surface area contributed by atoms with E-state index in [4.69, 9.17) is 9.47 Å². The molecule has 5 heteroatoms. The molecule has 0 aliphatic rings. The number of benzene rings is 2. The predicted molar refractivity (Wildman–Crippen MR) is 101 cm³/mol. The Morgan fingerprint density at radius 2 is 1.96 bits per heavy atom. The van der Waals surface area contributed by atoms with Crippen molar-refractivity contribution in [2.45, 2.75) is 19.1 Å². The zero-order valence-electron chi connectivity index (χ0n) is 14.7. The van der Waals surface area contributed by atoms with Gasteiger partial charge in [0.15, 0.2) is 0 Å². The zero-order valence-corrected chi connectivity index (χ0v) is 14.7. The highest BCUT2D eigenvalue weighted by molar-refractivity contribution is 5.84. The zero-order chi connectivity index (χ0) is 18.2. The minimum absolute atomic E-state index is 0.155. The van der Waals surface area contributed by atoms with Crippen LogP contribution >= 0.6 is 0 Å². The Hall–Kier alpha value is -2.92. The fourth-order valence-corrected chi connectivity index (χ4v) is 2.85. The van der Waals surface area contributed by atoms with E-state index < -0.39 is 6.09 Å². The molecule has 0 aliphatic carbocycles. The third kappa shape index (κ3) is 4.58. The number of nitrogens with one attached hydrogen (secondary N) is 1. The molecule has 134 valence electrons. The number of hydrogen-bond donors (Lipinski definition) is 1. The second-order valence-corrected chi connectivity index (χ2v) is 5.90. The van der Waals surface area contributed by atoms with E-state index in [0.717, 1.165) is 21.9 Å². The first kappa shape index (κ1) is 17.9. The van der Waals surface area contributed by atoms with Gasteiger partial charge in [0.2, 0.25) is 0 Å². The molecule has 1 heterocycles. The number of ether oxygens (including phenoxy) is 2. The molecule has 0 aliphatic heterocycles. The van der Waals surface area contributed by atoms with Crippen LogP contribution in [0.4, 0.5) is 4.79 Å². The van der Waals surface area contributed by atoms with Crippen LogP contribution < -0.4 is 5.32 Å². The summed E-state index contributed by atoms with van der Waals surface area (Å²) in [6.45, 7) is 0.763. The van der Waals surface area contributed by atoms with Crippen molar-refractivity contribution in [3.8, 4) is 0 Å². The molecule has 26 heavy (non-hydrogen) atoms. The van der Waals surface area contributed by atoms with Crippen LogP contribution in [0.25, 0.3) is 10.8 Å². The quantitative estimate of drug-likeness (QED) is 0.692. The lowest BCUT2D eigenvalue weighted by Crippen LogP contribution is -2.20. The van der Waals surface area contributed by atoms with E-state index in [9.17, 15) is 4.79 Å². The molecule has 0 fully saturated rings. The molecular formula is C21H22N2O3. The normalized spacial score (nSPS) is 11.9. The van der Waals surface area contributed by atoms with Gasteiger partial charge in [-0.2, -0.15) is 0 Å². The van der Waals surface area contributed by atoms with Gasteiger partial charge in [0.25, 0.3) is 0 Å². The fourth-order valence-electron chi connectivity index (χ4n) is 2.85. The van der Waals surface area contributed by atoms with Crippen molar-refractivity contribution in [1.82, 2.24) is 10.3 Å². The van der Waals surface area contributed by atoms with E-state index in [-0.39, 0.29) is 6.10 Å².